The van der Waals surface area contributed by atoms with Gasteiger partial charge in [0.2, 0.25) is 18.3 Å². The van der Waals surface area contributed by atoms with Gasteiger partial charge in [-0.15, -0.1) is 0 Å². The number of nitrogens with zero attached hydrogens (tertiary/aromatic N) is 6. The highest BCUT2D eigenvalue weighted by Crippen LogP contribution is 2.65. The molecule has 4 heterocycles. The van der Waals surface area contributed by atoms with Gasteiger partial charge in [0.1, 0.15) is 11.6 Å². The second kappa shape index (κ2) is 11.3. The van der Waals surface area contributed by atoms with Gasteiger partial charge >= 0.3 is 0 Å². The summed E-state index contributed by atoms with van der Waals surface area (Å²) in [5.74, 6) is 1.53. The van der Waals surface area contributed by atoms with E-state index < -0.39 is 0 Å². The fourth-order valence-corrected chi connectivity index (χ4v) is 8.02. The summed E-state index contributed by atoms with van der Waals surface area (Å²) in [5, 5.41) is 6.07. The van der Waals surface area contributed by atoms with Gasteiger partial charge in [0.25, 0.3) is 0 Å². The molecule has 2 N–H and O–H groups in total. The average Bonchev–Trinajstić information content (AvgIpc) is 3.40. The van der Waals surface area contributed by atoms with Crippen molar-refractivity contribution in [1.29, 1.82) is 0 Å². The summed E-state index contributed by atoms with van der Waals surface area (Å²) in [6.07, 6.45) is 7.88. The number of piperidine rings is 1. The third-order valence-electron chi connectivity index (χ3n) is 11.1. The lowest BCUT2D eigenvalue weighted by molar-refractivity contribution is -0.127. The zero-order valence-corrected chi connectivity index (χ0v) is 25.3. The van der Waals surface area contributed by atoms with Crippen LogP contribution in [0.4, 0.5) is 27.5 Å². The number of benzene rings is 1. The number of hydrogen-bond acceptors (Lipinski definition) is 8. The molecular weight excluding hydrogens is 547 g/mol. The molecule has 2 aromatic rings. The maximum Gasteiger partial charge on any atom is 0.229 e. The first-order valence-corrected chi connectivity index (χ1v) is 16.0. The zero-order valence-electron chi connectivity index (χ0n) is 25.3. The molecule has 230 valence electrons. The molecule has 3 saturated carbocycles. The largest absolute Gasteiger partial charge is 0.369 e. The number of nitrogens with one attached hydrogen (secondary N) is 2. The van der Waals surface area contributed by atoms with E-state index in [1.807, 2.05) is 12.1 Å². The van der Waals surface area contributed by atoms with Gasteiger partial charge < -0.3 is 20.4 Å². The Morgan fingerprint density at radius 1 is 1.14 bits per heavy atom. The lowest BCUT2D eigenvalue weighted by Gasteiger charge is -2.70. The lowest BCUT2D eigenvalue weighted by Crippen LogP contribution is -2.74. The standard InChI is InChI=1S/C32H43FN8O2/c1-21-24-17-32(21,18-24)41(20-42)29-23(15-22-5-8-34-30(22)43)19-35-31(37-29)36-25-3-4-28(27(33)16-25)40-9-6-26(7-10-40)39-13-11-38(2)12-14-39/h3-4,16,19-22,24,26H,5-15,17-18H2,1-2H3,(H,34,43)(H,35,36,37)/t21-,22+,24?,32?/m1/s1. The smallest absolute Gasteiger partial charge is 0.229 e. The fourth-order valence-electron chi connectivity index (χ4n) is 8.02. The van der Waals surface area contributed by atoms with Crippen molar-refractivity contribution in [2.75, 3.05) is 68.0 Å². The number of aromatic nitrogens is 2. The Labute approximate surface area is 253 Å². The van der Waals surface area contributed by atoms with E-state index in [-0.39, 0.29) is 23.2 Å². The Balaban J connectivity index is 1.06. The average molecular weight is 591 g/mol. The number of likely N-dealkylation sites (N-methyl/N-ethyl adjacent to an activating group) is 1. The van der Waals surface area contributed by atoms with Crippen LogP contribution in [0.5, 0.6) is 0 Å². The number of carbonyl (C=O) groups is 2. The second-order valence-corrected chi connectivity index (χ2v) is 13.4. The van der Waals surface area contributed by atoms with Gasteiger partial charge in [-0.1, -0.05) is 6.92 Å². The van der Waals surface area contributed by atoms with Gasteiger partial charge in [-0.25, -0.2) is 9.37 Å². The summed E-state index contributed by atoms with van der Waals surface area (Å²) < 4.78 is 15.4. The van der Waals surface area contributed by atoms with Crippen LogP contribution in [0.1, 0.15) is 44.6 Å². The number of halogens is 1. The molecule has 1 aromatic carbocycles. The molecule has 6 fully saturated rings. The van der Waals surface area contributed by atoms with E-state index in [0.717, 1.165) is 83.3 Å². The third-order valence-corrected chi connectivity index (χ3v) is 11.1. The van der Waals surface area contributed by atoms with E-state index in [1.54, 1.807) is 11.1 Å². The van der Waals surface area contributed by atoms with Gasteiger partial charge in [-0.3, -0.25) is 19.4 Å². The van der Waals surface area contributed by atoms with Crippen LogP contribution in [-0.4, -0.2) is 96.5 Å². The van der Waals surface area contributed by atoms with Crippen LogP contribution >= 0.6 is 0 Å². The monoisotopic (exact) mass is 590 g/mol. The van der Waals surface area contributed by atoms with Gasteiger partial charge in [-0.2, -0.15) is 4.98 Å². The fraction of sp³-hybridized carbons (Fsp3) is 0.625. The molecule has 0 unspecified atom stereocenters. The molecule has 3 aliphatic carbocycles. The molecule has 8 rings (SSSR count). The van der Waals surface area contributed by atoms with Crippen LogP contribution in [0.15, 0.2) is 24.4 Å². The van der Waals surface area contributed by atoms with Crippen molar-refractivity contribution in [1.82, 2.24) is 25.1 Å². The number of rotatable bonds is 9. The normalized spacial score (nSPS) is 29.5. The van der Waals surface area contributed by atoms with Crippen molar-refractivity contribution in [3.63, 3.8) is 0 Å². The Bertz CT molecular complexity index is 1370. The summed E-state index contributed by atoms with van der Waals surface area (Å²) in [6.45, 7) is 8.99. The van der Waals surface area contributed by atoms with Crippen molar-refractivity contribution in [2.24, 2.45) is 17.8 Å². The van der Waals surface area contributed by atoms with E-state index in [2.05, 4.69) is 44.3 Å². The number of carbonyl (C=O) groups excluding carboxylic acids is 2. The zero-order chi connectivity index (χ0) is 29.7. The molecule has 1 aromatic heterocycles. The van der Waals surface area contributed by atoms with E-state index in [4.69, 9.17) is 4.98 Å². The minimum atomic E-state index is -0.274. The minimum Gasteiger partial charge on any atom is -0.369 e. The first-order valence-electron chi connectivity index (χ1n) is 16.0. The van der Waals surface area contributed by atoms with Gasteiger partial charge in [0.15, 0.2) is 0 Å². The molecule has 2 atom stereocenters. The summed E-state index contributed by atoms with van der Waals surface area (Å²) >= 11 is 0. The summed E-state index contributed by atoms with van der Waals surface area (Å²) in [5.41, 5.74) is 1.76. The second-order valence-electron chi connectivity index (χ2n) is 13.4. The SMILES string of the molecule is C[C@@H]1C2CC1(N(C=O)c1nc(Nc3ccc(N4CCC(N5CCN(C)CC5)CC4)c(F)c3)ncc1C[C@@H]1CCNC1=O)C2. The highest BCUT2D eigenvalue weighted by Gasteiger charge is 2.66. The van der Waals surface area contributed by atoms with Crippen LogP contribution in [0, 0.1) is 23.6 Å². The van der Waals surface area contributed by atoms with Gasteiger partial charge in [0, 0.05) is 75.2 Å². The van der Waals surface area contributed by atoms with Crippen LogP contribution < -0.4 is 20.4 Å². The molecule has 0 radical (unpaired) electrons. The molecule has 2 amide bonds. The third kappa shape index (κ3) is 5.14. The molecule has 0 spiro atoms. The van der Waals surface area contributed by atoms with Crippen molar-refractivity contribution >= 4 is 35.5 Å². The number of anilines is 4. The Kier molecular flexibility index (Phi) is 7.49. The molecule has 3 aliphatic heterocycles. The van der Waals surface area contributed by atoms with E-state index in [1.165, 1.54) is 6.07 Å². The minimum absolute atomic E-state index is 0.0313. The molecule has 43 heavy (non-hydrogen) atoms. The Hall–Kier alpha value is -3.31. The first-order chi connectivity index (χ1) is 20.8. The molecular formula is C32H43FN8O2. The maximum atomic E-state index is 15.4. The van der Waals surface area contributed by atoms with Crippen molar-refractivity contribution in [3.8, 4) is 0 Å². The van der Waals surface area contributed by atoms with Crippen LogP contribution in [0.25, 0.3) is 0 Å². The highest BCUT2D eigenvalue weighted by molar-refractivity contribution is 5.82. The molecule has 2 bridgehead atoms. The molecule has 11 heteroatoms. The quantitative estimate of drug-likeness (QED) is 0.431. The maximum absolute atomic E-state index is 15.4. The number of piperazine rings is 1. The first kappa shape index (κ1) is 28.5. The Morgan fingerprint density at radius 2 is 1.91 bits per heavy atom. The van der Waals surface area contributed by atoms with Crippen molar-refractivity contribution in [3.05, 3.63) is 35.8 Å². The van der Waals surface area contributed by atoms with Gasteiger partial charge in [0.05, 0.1) is 11.2 Å². The highest BCUT2D eigenvalue weighted by atomic mass is 19.1. The summed E-state index contributed by atoms with van der Waals surface area (Å²) in [6, 6.07) is 5.78. The van der Waals surface area contributed by atoms with E-state index in [0.29, 0.717) is 54.0 Å². The molecule has 10 nitrogen and oxygen atoms in total. The predicted octanol–water partition coefficient (Wildman–Crippen LogP) is 3.02. The van der Waals surface area contributed by atoms with Crippen LogP contribution in [0.3, 0.4) is 0 Å². The van der Waals surface area contributed by atoms with Crippen LogP contribution in [0.2, 0.25) is 0 Å². The van der Waals surface area contributed by atoms with E-state index in [9.17, 15) is 9.59 Å². The van der Waals surface area contributed by atoms with Gasteiger partial charge in [-0.05, 0) is 75.6 Å². The van der Waals surface area contributed by atoms with E-state index >= 15 is 4.39 Å². The topological polar surface area (TPSA) is 96.9 Å². The molecule has 6 aliphatic rings. The van der Waals surface area contributed by atoms with Crippen molar-refractivity contribution < 1.29 is 14.0 Å². The number of hydrogen-bond donors (Lipinski definition) is 2. The van der Waals surface area contributed by atoms with Crippen molar-refractivity contribution in [2.45, 2.75) is 57.0 Å². The Morgan fingerprint density at radius 3 is 2.51 bits per heavy atom. The predicted molar refractivity (Wildman–Crippen MR) is 164 cm³/mol. The number of amides is 2. The summed E-state index contributed by atoms with van der Waals surface area (Å²) in [7, 11) is 2.18. The lowest BCUT2D eigenvalue weighted by atomic mass is 9.42. The van der Waals surface area contributed by atoms with Crippen LogP contribution in [-0.2, 0) is 16.0 Å². The molecule has 3 saturated heterocycles. The summed E-state index contributed by atoms with van der Waals surface area (Å²) in [4.78, 5) is 43.1.